The Bertz CT molecular complexity index is 214. The fraction of sp³-hybridized carbons (Fsp3) is 0.778. The summed E-state index contributed by atoms with van der Waals surface area (Å²) in [6.07, 6.45) is 2.45. The molecule has 0 saturated heterocycles. The molecule has 13 heavy (non-hydrogen) atoms. The van der Waals surface area contributed by atoms with Gasteiger partial charge in [-0.15, -0.1) is 0 Å². The maximum Gasteiger partial charge on any atom is 0.291 e. The number of ether oxygens (including phenoxy) is 1. The molecule has 1 N–H and O–H groups in total. The number of carbonyl (C=O) groups excluding carboxylic acids is 1. The molecule has 0 bridgehead atoms. The van der Waals surface area contributed by atoms with Crippen molar-refractivity contribution < 1.29 is 9.53 Å². The lowest BCUT2D eigenvalue weighted by Crippen LogP contribution is -2.31. The van der Waals surface area contributed by atoms with E-state index in [1.807, 2.05) is 13.8 Å². The second-order valence-corrected chi connectivity index (χ2v) is 3.09. The Morgan fingerprint density at radius 2 is 2.46 bits per heavy atom. The van der Waals surface area contributed by atoms with Gasteiger partial charge in [0.05, 0.1) is 6.54 Å². The Balaban J connectivity index is 2.27. The highest BCUT2D eigenvalue weighted by Gasteiger charge is 2.18. The average Bonchev–Trinajstić information content (AvgIpc) is 2.52. The summed E-state index contributed by atoms with van der Waals surface area (Å²) in [5.74, 6) is -0.0157. The molecule has 0 fully saturated rings. The second kappa shape index (κ2) is 4.84. The Labute approximate surface area is 78.4 Å². The predicted molar refractivity (Wildman–Crippen MR) is 50.5 cm³/mol. The van der Waals surface area contributed by atoms with E-state index in [4.69, 9.17) is 4.74 Å². The van der Waals surface area contributed by atoms with Crippen molar-refractivity contribution in [1.29, 1.82) is 0 Å². The van der Waals surface area contributed by atoms with Crippen molar-refractivity contribution in [2.75, 3.05) is 6.54 Å². The molecule has 1 aliphatic heterocycles. The van der Waals surface area contributed by atoms with Crippen LogP contribution in [0.2, 0.25) is 0 Å². The summed E-state index contributed by atoms with van der Waals surface area (Å²) < 4.78 is 5.35. The third-order valence-corrected chi connectivity index (χ3v) is 1.90. The van der Waals surface area contributed by atoms with E-state index in [2.05, 4.69) is 10.3 Å². The molecule has 1 unspecified atom stereocenters. The van der Waals surface area contributed by atoms with Crippen molar-refractivity contribution in [1.82, 2.24) is 5.32 Å². The molecule has 74 valence electrons. The van der Waals surface area contributed by atoms with Crippen LogP contribution in [0.3, 0.4) is 0 Å². The van der Waals surface area contributed by atoms with Crippen LogP contribution in [-0.2, 0) is 9.53 Å². The van der Waals surface area contributed by atoms with Crippen molar-refractivity contribution in [3.8, 4) is 0 Å². The van der Waals surface area contributed by atoms with Gasteiger partial charge < -0.3 is 4.74 Å². The third kappa shape index (κ3) is 3.05. The number of nitrogens with zero attached hydrogens (tertiary/aromatic N) is 1. The van der Waals surface area contributed by atoms with E-state index < -0.39 is 0 Å². The van der Waals surface area contributed by atoms with Gasteiger partial charge in [0, 0.05) is 6.42 Å². The third-order valence-electron chi connectivity index (χ3n) is 1.90. The van der Waals surface area contributed by atoms with Crippen LogP contribution in [0, 0.1) is 0 Å². The molecule has 0 radical (unpaired) electrons. The van der Waals surface area contributed by atoms with Crippen LogP contribution in [0.4, 0.5) is 0 Å². The first kappa shape index (κ1) is 10.0. The van der Waals surface area contributed by atoms with Crippen LogP contribution in [0.5, 0.6) is 0 Å². The van der Waals surface area contributed by atoms with E-state index in [1.54, 1.807) is 0 Å². The van der Waals surface area contributed by atoms with Crippen LogP contribution in [0.25, 0.3) is 0 Å². The average molecular weight is 184 g/mol. The van der Waals surface area contributed by atoms with E-state index >= 15 is 0 Å². The molecule has 0 saturated carbocycles. The minimum atomic E-state index is -0.0157. The van der Waals surface area contributed by atoms with Gasteiger partial charge in [0.25, 0.3) is 6.02 Å². The number of hydrogen-bond acceptors (Lipinski definition) is 3. The molecule has 1 rings (SSSR count). The van der Waals surface area contributed by atoms with Gasteiger partial charge in [0.15, 0.2) is 0 Å². The van der Waals surface area contributed by atoms with Crippen molar-refractivity contribution in [3.05, 3.63) is 0 Å². The molecular weight excluding hydrogens is 168 g/mol. The van der Waals surface area contributed by atoms with Crippen LogP contribution < -0.4 is 5.32 Å². The maximum atomic E-state index is 11.1. The maximum absolute atomic E-state index is 11.1. The molecule has 0 aliphatic carbocycles. The summed E-state index contributed by atoms with van der Waals surface area (Å²) in [5, 5.41) is 2.63. The number of rotatable bonds is 3. The molecule has 4 nitrogen and oxygen atoms in total. The van der Waals surface area contributed by atoms with Crippen LogP contribution in [-0.4, -0.2) is 24.6 Å². The standard InChI is InChI=1S/C9H16N2O2/c1-3-5-8(12)11-9-10-6-7(4-2)13-9/h7H,3-6H2,1-2H3,(H,10,11,12). The Morgan fingerprint density at radius 3 is 3.00 bits per heavy atom. The van der Waals surface area contributed by atoms with E-state index in [-0.39, 0.29) is 12.0 Å². The normalized spacial score (nSPS) is 20.8. The van der Waals surface area contributed by atoms with Crippen molar-refractivity contribution in [3.63, 3.8) is 0 Å². The molecular formula is C9H16N2O2. The highest BCUT2D eigenvalue weighted by atomic mass is 16.5. The summed E-state index contributed by atoms with van der Waals surface area (Å²) in [7, 11) is 0. The predicted octanol–water partition coefficient (Wildman–Crippen LogP) is 1.07. The number of amidine groups is 1. The largest absolute Gasteiger partial charge is 0.460 e. The van der Waals surface area contributed by atoms with Crippen molar-refractivity contribution in [2.24, 2.45) is 4.99 Å². The van der Waals surface area contributed by atoms with Crippen LogP contribution in [0.1, 0.15) is 33.1 Å². The Morgan fingerprint density at radius 1 is 1.69 bits per heavy atom. The van der Waals surface area contributed by atoms with Gasteiger partial charge in [-0.25, -0.2) is 4.99 Å². The van der Waals surface area contributed by atoms with Gasteiger partial charge in [-0.2, -0.15) is 0 Å². The number of hydrogen-bond donors (Lipinski definition) is 1. The highest BCUT2D eigenvalue weighted by molar-refractivity contribution is 5.94. The van der Waals surface area contributed by atoms with E-state index in [1.165, 1.54) is 0 Å². The topological polar surface area (TPSA) is 50.7 Å². The van der Waals surface area contributed by atoms with Crippen molar-refractivity contribution in [2.45, 2.75) is 39.2 Å². The number of nitrogens with one attached hydrogen (secondary N) is 1. The molecule has 1 heterocycles. The van der Waals surface area contributed by atoms with Crippen LogP contribution >= 0.6 is 0 Å². The summed E-state index contributed by atoms with van der Waals surface area (Å²) >= 11 is 0. The molecule has 4 heteroatoms. The summed E-state index contributed by atoms with van der Waals surface area (Å²) in [6.45, 7) is 4.67. The summed E-state index contributed by atoms with van der Waals surface area (Å²) in [4.78, 5) is 15.2. The smallest absolute Gasteiger partial charge is 0.291 e. The Hall–Kier alpha value is -1.06. The lowest BCUT2D eigenvalue weighted by Gasteiger charge is -2.08. The lowest BCUT2D eigenvalue weighted by molar-refractivity contribution is -0.120. The SMILES string of the molecule is CCCC(=O)NC1=NCC(CC)O1. The van der Waals surface area contributed by atoms with Crippen molar-refractivity contribution >= 4 is 11.9 Å². The Kier molecular flexibility index (Phi) is 3.73. The molecule has 0 aromatic rings. The quantitative estimate of drug-likeness (QED) is 0.713. The first-order valence-corrected chi connectivity index (χ1v) is 4.77. The highest BCUT2D eigenvalue weighted by Crippen LogP contribution is 2.06. The number of carbonyl (C=O) groups is 1. The van der Waals surface area contributed by atoms with Gasteiger partial charge >= 0.3 is 0 Å². The molecule has 0 spiro atoms. The van der Waals surface area contributed by atoms with Gasteiger partial charge in [0.1, 0.15) is 6.10 Å². The van der Waals surface area contributed by atoms with Gasteiger partial charge in [-0.1, -0.05) is 13.8 Å². The first-order valence-electron chi connectivity index (χ1n) is 4.77. The zero-order chi connectivity index (χ0) is 9.68. The molecule has 1 amide bonds. The van der Waals surface area contributed by atoms with E-state index in [0.717, 1.165) is 12.8 Å². The minimum absolute atomic E-state index is 0.0157. The summed E-state index contributed by atoms with van der Waals surface area (Å²) in [5.41, 5.74) is 0. The van der Waals surface area contributed by atoms with Crippen LogP contribution in [0.15, 0.2) is 4.99 Å². The zero-order valence-corrected chi connectivity index (χ0v) is 8.17. The number of amides is 1. The molecule has 0 aromatic carbocycles. The fourth-order valence-electron chi connectivity index (χ4n) is 1.11. The first-order chi connectivity index (χ1) is 6.26. The summed E-state index contributed by atoms with van der Waals surface area (Å²) in [6, 6.07) is 0.394. The monoisotopic (exact) mass is 184 g/mol. The number of aliphatic imine (C=N–C) groups is 1. The van der Waals surface area contributed by atoms with E-state index in [9.17, 15) is 4.79 Å². The van der Waals surface area contributed by atoms with Gasteiger partial charge in [-0.3, -0.25) is 10.1 Å². The second-order valence-electron chi connectivity index (χ2n) is 3.09. The molecule has 1 atom stereocenters. The van der Waals surface area contributed by atoms with E-state index in [0.29, 0.717) is 19.0 Å². The molecule has 1 aliphatic rings. The minimum Gasteiger partial charge on any atom is -0.460 e. The van der Waals surface area contributed by atoms with Gasteiger partial charge in [0.2, 0.25) is 5.91 Å². The molecule has 0 aromatic heterocycles. The lowest BCUT2D eigenvalue weighted by atomic mass is 10.3. The zero-order valence-electron chi connectivity index (χ0n) is 8.17. The van der Waals surface area contributed by atoms with Gasteiger partial charge in [-0.05, 0) is 12.8 Å². The fourth-order valence-corrected chi connectivity index (χ4v) is 1.11.